The van der Waals surface area contributed by atoms with Crippen LogP contribution in [0.3, 0.4) is 0 Å². The Labute approximate surface area is 127 Å². The fourth-order valence-electron chi connectivity index (χ4n) is 1.87. The maximum atomic E-state index is 13.8. The standard InChI is InChI=1S/C16H13ClFNO2/c1-20-15-4-2-3-12(8-17)16(15)21-10-13-6-5-11(9-19)7-14(13)18/h2-7H,8,10H2,1H3. The van der Waals surface area contributed by atoms with Crippen LogP contribution in [0.2, 0.25) is 0 Å². The zero-order valence-electron chi connectivity index (χ0n) is 11.4. The van der Waals surface area contributed by atoms with Gasteiger partial charge in [0.15, 0.2) is 11.5 Å². The number of ether oxygens (including phenoxy) is 2. The first kappa shape index (κ1) is 15.1. The van der Waals surface area contributed by atoms with E-state index in [1.54, 1.807) is 12.1 Å². The number of alkyl halides is 1. The molecule has 0 aliphatic carbocycles. The number of rotatable bonds is 5. The topological polar surface area (TPSA) is 42.2 Å². The molecule has 0 radical (unpaired) electrons. The van der Waals surface area contributed by atoms with Crippen molar-refractivity contribution >= 4 is 11.6 Å². The van der Waals surface area contributed by atoms with Crippen LogP contribution in [0, 0.1) is 17.1 Å². The van der Waals surface area contributed by atoms with Gasteiger partial charge in [0.05, 0.1) is 24.6 Å². The summed E-state index contributed by atoms with van der Waals surface area (Å²) in [6.07, 6.45) is 0. The number of nitriles is 1. The second-order valence-corrected chi connectivity index (χ2v) is 4.56. The lowest BCUT2D eigenvalue weighted by Gasteiger charge is -2.14. The predicted octanol–water partition coefficient (Wildman–Crippen LogP) is 4.02. The van der Waals surface area contributed by atoms with Crippen molar-refractivity contribution in [1.82, 2.24) is 0 Å². The van der Waals surface area contributed by atoms with Crippen molar-refractivity contribution in [3.8, 4) is 17.6 Å². The van der Waals surface area contributed by atoms with Gasteiger partial charge in [0, 0.05) is 11.1 Å². The first-order chi connectivity index (χ1) is 10.2. The SMILES string of the molecule is COc1cccc(CCl)c1OCc1ccc(C#N)cc1F. The molecule has 0 fully saturated rings. The number of methoxy groups -OCH3 is 1. The Balaban J connectivity index is 2.22. The van der Waals surface area contributed by atoms with Crippen LogP contribution in [0.5, 0.6) is 11.5 Å². The van der Waals surface area contributed by atoms with Crippen LogP contribution in [-0.4, -0.2) is 7.11 Å². The smallest absolute Gasteiger partial charge is 0.166 e. The van der Waals surface area contributed by atoms with Crippen molar-refractivity contribution < 1.29 is 13.9 Å². The zero-order chi connectivity index (χ0) is 15.2. The second kappa shape index (κ2) is 6.96. The van der Waals surface area contributed by atoms with Gasteiger partial charge in [-0.1, -0.05) is 18.2 Å². The predicted molar refractivity (Wildman–Crippen MR) is 78.0 cm³/mol. The summed E-state index contributed by atoms with van der Waals surface area (Å²) in [7, 11) is 1.53. The van der Waals surface area contributed by atoms with Gasteiger partial charge in [-0.05, 0) is 18.2 Å². The van der Waals surface area contributed by atoms with E-state index in [2.05, 4.69) is 0 Å². The van der Waals surface area contributed by atoms with Crippen molar-refractivity contribution in [3.63, 3.8) is 0 Å². The van der Waals surface area contributed by atoms with E-state index in [0.29, 0.717) is 17.1 Å². The Bertz CT molecular complexity index is 660. The molecular weight excluding hydrogens is 293 g/mol. The zero-order valence-corrected chi connectivity index (χ0v) is 12.2. The number of halogens is 2. The van der Waals surface area contributed by atoms with Crippen molar-refractivity contribution in [2.24, 2.45) is 0 Å². The van der Waals surface area contributed by atoms with Crippen LogP contribution in [0.15, 0.2) is 36.4 Å². The molecule has 0 aliphatic rings. The van der Waals surface area contributed by atoms with Gasteiger partial charge in [-0.25, -0.2) is 4.39 Å². The van der Waals surface area contributed by atoms with E-state index in [0.717, 1.165) is 5.56 Å². The third-order valence-electron chi connectivity index (χ3n) is 2.98. The molecule has 0 bridgehead atoms. The maximum Gasteiger partial charge on any atom is 0.166 e. The van der Waals surface area contributed by atoms with E-state index >= 15 is 0 Å². The van der Waals surface area contributed by atoms with Gasteiger partial charge in [-0.15, -0.1) is 11.6 Å². The molecule has 0 spiro atoms. The van der Waals surface area contributed by atoms with Crippen molar-refractivity contribution in [2.75, 3.05) is 7.11 Å². The van der Waals surface area contributed by atoms with Crippen LogP contribution in [0.25, 0.3) is 0 Å². The van der Waals surface area contributed by atoms with E-state index < -0.39 is 5.82 Å². The monoisotopic (exact) mass is 305 g/mol. The lowest BCUT2D eigenvalue weighted by atomic mass is 10.1. The maximum absolute atomic E-state index is 13.8. The molecule has 2 rings (SSSR count). The summed E-state index contributed by atoms with van der Waals surface area (Å²) < 4.78 is 24.7. The normalized spacial score (nSPS) is 10.0. The van der Waals surface area contributed by atoms with Crippen LogP contribution in [-0.2, 0) is 12.5 Å². The summed E-state index contributed by atoms with van der Waals surface area (Å²) in [6.45, 7) is 0.0296. The fraction of sp³-hybridized carbons (Fsp3) is 0.188. The highest BCUT2D eigenvalue weighted by molar-refractivity contribution is 6.17. The molecule has 0 unspecified atom stereocenters. The minimum atomic E-state index is -0.476. The third-order valence-corrected chi connectivity index (χ3v) is 3.27. The summed E-state index contributed by atoms with van der Waals surface area (Å²) in [5.74, 6) is 0.833. The Morgan fingerprint density at radius 2 is 2.05 bits per heavy atom. The van der Waals surface area contributed by atoms with Gasteiger partial charge < -0.3 is 9.47 Å². The molecule has 0 aliphatic heterocycles. The van der Waals surface area contributed by atoms with Gasteiger partial charge in [-0.2, -0.15) is 5.26 Å². The average Bonchev–Trinajstić information content (AvgIpc) is 2.53. The van der Waals surface area contributed by atoms with Crippen molar-refractivity contribution in [1.29, 1.82) is 5.26 Å². The van der Waals surface area contributed by atoms with Crippen molar-refractivity contribution in [2.45, 2.75) is 12.5 Å². The molecule has 21 heavy (non-hydrogen) atoms. The van der Waals surface area contributed by atoms with Crippen LogP contribution in [0.1, 0.15) is 16.7 Å². The molecule has 0 aromatic heterocycles. The Hall–Kier alpha value is -2.25. The highest BCUT2D eigenvalue weighted by Crippen LogP contribution is 2.32. The summed E-state index contributed by atoms with van der Waals surface area (Å²) in [5.41, 5.74) is 1.40. The Kier molecular flexibility index (Phi) is 5.02. The van der Waals surface area contributed by atoms with Gasteiger partial charge in [0.25, 0.3) is 0 Å². The third kappa shape index (κ3) is 3.45. The highest BCUT2D eigenvalue weighted by atomic mass is 35.5. The minimum absolute atomic E-state index is 0.0296. The quantitative estimate of drug-likeness (QED) is 0.783. The molecular formula is C16H13ClFNO2. The van der Waals surface area contributed by atoms with Crippen LogP contribution < -0.4 is 9.47 Å². The van der Waals surface area contributed by atoms with E-state index in [4.69, 9.17) is 26.3 Å². The molecule has 0 saturated carbocycles. The molecule has 5 heteroatoms. The summed E-state index contributed by atoms with van der Waals surface area (Å²) in [5, 5.41) is 8.72. The summed E-state index contributed by atoms with van der Waals surface area (Å²) >= 11 is 5.87. The largest absolute Gasteiger partial charge is 0.493 e. The summed E-state index contributed by atoms with van der Waals surface area (Å²) in [4.78, 5) is 0. The van der Waals surface area contributed by atoms with E-state index in [1.165, 1.54) is 19.2 Å². The Morgan fingerprint density at radius 1 is 1.24 bits per heavy atom. The molecule has 0 N–H and O–H groups in total. The molecule has 0 atom stereocenters. The molecule has 0 saturated heterocycles. The molecule has 3 nitrogen and oxygen atoms in total. The van der Waals surface area contributed by atoms with Gasteiger partial charge in [0.2, 0.25) is 0 Å². The number of benzene rings is 2. The van der Waals surface area contributed by atoms with Crippen LogP contribution in [0.4, 0.5) is 4.39 Å². The number of nitrogens with zero attached hydrogens (tertiary/aromatic N) is 1. The molecule has 108 valence electrons. The fourth-order valence-corrected chi connectivity index (χ4v) is 2.09. The minimum Gasteiger partial charge on any atom is -0.493 e. The van der Waals surface area contributed by atoms with Gasteiger partial charge in [0.1, 0.15) is 12.4 Å². The van der Waals surface area contributed by atoms with Gasteiger partial charge in [-0.3, -0.25) is 0 Å². The lowest BCUT2D eigenvalue weighted by molar-refractivity contribution is 0.277. The summed E-state index contributed by atoms with van der Waals surface area (Å²) in [6, 6.07) is 11.5. The molecule has 0 heterocycles. The highest BCUT2D eigenvalue weighted by Gasteiger charge is 2.11. The first-order valence-corrected chi connectivity index (χ1v) is 6.76. The number of para-hydroxylation sites is 1. The van der Waals surface area contributed by atoms with Gasteiger partial charge >= 0.3 is 0 Å². The molecule has 0 amide bonds. The average molecular weight is 306 g/mol. The number of hydrogen-bond donors (Lipinski definition) is 0. The Morgan fingerprint density at radius 3 is 2.67 bits per heavy atom. The second-order valence-electron chi connectivity index (χ2n) is 4.29. The first-order valence-electron chi connectivity index (χ1n) is 6.22. The molecule has 2 aromatic rings. The van der Waals surface area contributed by atoms with Crippen LogP contribution >= 0.6 is 11.6 Å². The van der Waals surface area contributed by atoms with E-state index in [9.17, 15) is 4.39 Å². The lowest BCUT2D eigenvalue weighted by Crippen LogP contribution is -2.02. The van der Waals surface area contributed by atoms with E-state index in [-0.39, 0.29) is 18.1 Å². The molecule has 2 aromatic carbocycles. The van der Waals surface area contributed by atoms with Crippen molar-refractivity contribution in [3.05, 3.63) is 58.9 Å². The van der Waals surface area contributed by atoms with E-state index in [1.807, 2.05) is 18.2 Å². The number of hydrogen-bond acceptors (Lipinski definition) is 3.